The number of nitrogens with zero attached hydrogens (tertiary/aromatic N) is 5. The van der Waals surface area contributed by atoms with Gasteiger partial charge in [0.15, 0.2) is 5.82 Å². The third-order valence-electron chi connectivity index (χ3n) is 3.15. The number of nitrogens with one attached hydrogen (secondary N) is 1. The molecule has 0 saturated carbocycles. The molecule has 2 aromatic heterocycles. The van der Waals surface area contributed by atoms with Crippen molar-refractivity contribution in [1.29, 1.82) is 0 Å². The van der Waals surface area contributed by atoms with Gasteiger partial charge < -0.3 is 11.1 Å². The number of nitrogen functional groups attached to an aromatic ring is 1. The van der Waals surface area contributed by atoms with Gasteiger partial charge in [0.25, 0.3) is 0 Å². The molecular formula is C14H14ClN7. The molecule has 0 aliphatic carbocycles. The standard InChI is InChI=1S/C14H14ClN7/c1-9(19-14-12(15)13(16)17-8-18-14)11-7-22(21-20-11)10-5-3-2-4-6-10/h2-9H,1H3,(H3,16,17,18,19)/t9-/m1/s1. The monoisotopic (exact) mass is 315 g/mol. The number of nitrogens with two attached hydrogens (primary N) is 1. The number of para-hydroxylation sites is 1. The lowest BCUT2D eigenvalue weighted by Crippen LogP contribution is -2.10. The van der Waals surface area contributed by atoms with Crippen LogP contribution in [0.3, 0.4) is 0 Å². The first-order valence-corrected chi connectivity index (χ1v) is 7.03. The highest BCUT2D eigenvalue weighted by Gasteiger charge is 2.14. The van der Waals surface area contributed by atoms with Crippen molar-refractivity contribution < 1.29 is 0 Å². The zero-order valence-corrected chi connectivity index (χ0v) is 12.6. The van der Waals surface area contributed by atoms with E-state index in [-0.39, 0.29) is 11.9 Å². The first-order valence-electron chi connectivity index (χ1n) is 6.65. The summed E-state index contributed by atoms with van der Waals surface area (Å²) in [5.74, 6) is 0.704. The first-order chi connectivity index (χ1) is 10.6. The Morgan fingerprint density at radius 3 is 2.77 bits per heavy atom. The van der Waals surface area contributed by atoms with Gasteiger partial charge in [-0.05, 0) is 19.1 Å². The number of halogens is 1. The molecule has 3 N–H and O–H groups in total. The highest BCUT2D eigenvalue weighted by Crippen LogP contribution is 2.26. The van der Waals surface area contributed by atoms with Crippen LogP contribution in [0.5, 0.6) is 0 Å². The van der Waals surface area contributed by atoms with Gasteiger partial charge in [-0.1, -0.05) is 35.0 Å². The van der Waals surface area contributed by atoms with E-state index in [0.717, 1.165) is 11.4 Å². The number of hydrogen-bond acceptors (Lipinski definition) is 6. The normalized spacial score (nSPS) is 12.1. The summed E-state index contributed by atoms with van der Waals surface area (Å²) in [6, 6.07) is 9.62. The molecule has 7 nitrogen and oxygen atoms in total. The predicted octanol–water partition coefficient (Wildman–Crippen LogP) is 2.47. The van der Waals surface area contributed by atoms with Crippen molar-refractivity contribution in [3.63, 3.8) is 0 Å². The molecular weight excluding hydrogens is 302 g/mol. The summed E-state index contributed by atoms with van der Waals surface area (Å²) >= 11 is 6.07. The van der Waals surface area contributed by atoms with Crippen LogP contribution in [-0.4, -0.2) is 25.0 Å². The molecule has 1 aromatic carbocycles. The van der Waals surface area contributed by atoms with Crippen LogP contribution in [0.1, 0.15) is 18.7 Å². The van der Waals surface area contributed by atoms with Crippen LogP contribution >= 0.6 is 11.6 Å². The molecule has 0 fully saturated rings. The summed E-state index contributed by atoms with van der Waals surface area (Å²) < 4.78 is 1.71. The molecule has 0 bridgehead atoms. The fourth-order valence-electron chi connectivity index (χ4n) is 1.95. The minimum absolute atomic E-state index is 0.135. The minimum atomic E-state index is -0.135. The lowest BCUT2D eigenvalue weighted by Gasteiger charge is -2.13. The van der Waals surface area contributed by atoms with Crippen molar-refractivity contribution >= 4 is 23.2 Å². The molecule has 0 amide bonds. The maximum atomic E-state index is 6.07. The van der Waals surface area contributed by atoms with Crippen molar-refractivity contribution in [1.82, 2.24) is 25.0 Å². The Hall–Kier alpha value is -2.67. The van der Waals surface area contributed by atoms with E-state index in [0.29, 0.717) is 10.8 Å². The lowest BCUT2D eigenvalue weighted by atomic mass is 10.2. The Bertz CT molecular complexity index is 772. The summed E-state index contributed by atoms with van der Waals surface area (Å²) in [6.07, 6.45) is 3.21. The van der Waals surface area contributed by atoms with Gasteiger partial charge in [-0.15, -0.1) is 5.10 Å². The van der Waals surface area contributed by atoms with Gasteiger partial charge in [0, 0.05) is 0 Å². The molecule has 0 spiro atoms. The topological polar surface area (TPSA) is 94.5 Å². The first kappa shape index (κ1) is 14.3. The molecule has 3 aromatic rings. The van der Waals surface area contributed by atoms with Crippen LogP contribution in [0, 0.1) is 0 Å². The van der Waals surface area contributed by atoms with Gasteiger partial charge in [0.05, 0.1) is 17.9 Å². The van der Waals surface area contributed by atoms with Crippen molar-refractivity contribution in [2.75, 3.05) is 11.1 Å². The largest absolute Gasteiger partial charge is 0.382 e. The lowest BCUT2D eigenvalue weighted by molar-refractivity contribution is 0.779. The van der Waals surface area contributed by atoms with Crippen LogP contribution in [0.2, 0.25) is 5.02 Å². The zero-order chi connectivity index (χ0) is 15.5. The van der Waals surface area contributed by atoms with E-state index in [9.17, 15) is 0 Å². The number of rotatable bonds is 4. The van der Waals surface area contributed by atoms with E-state index >= 15 is 0 Å². The average molecular weight is 316 g/mol. The summed E-state index contributed by atoms with van der Waals surface area (Å²) in [5.41, 5.74) is 7.36. The molecule has 112 valence electrons. The summed E-state index contributed by atoms with van der Waals surface area (Å²) in [5, 5.41) is 11.7. The van der Waals surface area contributed by atoms with Gasteiger partial charge in [-0.3, -0.25) is 0 Å². The third kappa shape index (κ3) is 2.84. The van der Waals surface area contributed by atoms with Crippen LogP contribution in [0.4, 0.5) is 11.6 Å². The Morgan fingerprint density at radius 1 is 1.23 bits per heavy atom. The van der Waals surface area contributed by atoms with Crippen LogP contribution in [0.15, 0.2) is 42.9 Å². The van der Waals surface area contributed by atoms with Gasteiger partial charge in [-0.2, -0.15) is 0 Å². The van der Waals surface area contributed by atoms with Crippen molar-refractivity contribution in [2.24, 2.45) is 0 Å². The van der Waals surface area contributed by atoms with E-state index in [2.05, 4.69) is 25.6 Å². The molecule has 8 heteroatoms. The second-order valence-corrected chi connectivity index (χ2v) is 5.09. The highest BCUT2D eigenvalue weighted by atomic mass is 35.5. The number of hydrogen-bond donors (Lipinski definition) is 2. The summed E-state index contributed by atoms with van der Waals surface area (Å²) in [7, 11) is 0. The van der Waals surface area contributed by atoms with E-state index in [1.807, 2.05) is 43.5 Å². The Kier molecular flexibility index (Phi) is 3.88. The number of benzene rings is 1. The molecule has 22 heavy (non-hydrogen) atoms. The van der Waals surface area contributed by atoms with Gasteiger partial charge in [-0.25, -0.2) is 14.6 Å². The maximum absolute atomic E-state index is 6.07. The van der Waals surface area contributed by atoms with E-state index in [4.69, 9.17) is 17.3 Å². The Morgan fingerprint density at radius 2 is 2.00 bits per heavy atom. The quantitative estimate of drug-likeness (QED) is 0.768. The molecule has 0 saturated heterocycles. The molecule has 0 radical (unpaired) electrons. The summed E-state index contributed by atoms with van der Waals surface area (Å²) in [4.78, 5) is 7.91. The second-order valence-electron chi connectivity index (χ2n) is 4.71. The van der Waals surface area contributed by atoms with Crippen molar-refractivity contribution in [3.8, 4) is 5.69 Å². The van der Waals surface area contributed by atoms with Gasteiger partial charge in [0.1, 0.15) is 22.9 Å². The van der Waals surface area contributed by atoms with E-state index < -0.39 is 0 Å². The molecule has 0 aliphatic heterocycles. The van der Waals surface area contributed by atoms with E-state index in [1.165, 1.54) is 6.33 Å². The van der Waals surface area contributed by atoms with Gasteiger partial charge >= 0.3 is 0 Å². The average Bonchev–Trinajstić information content (AvgIpc) is 3.03. The SMILES string of the molecule is C[C@@H](Nc1ncnc(N)c1Cl)c1cn(-c2ccccc2)nn1. The summed E-state index contributed by atoms with van der Waals surface area (Å²) in [6.45, 7) is 1.94. The smallest absolute Gasteiger partial charge is 0.150 e. The fraction of sp³-hybridized carbons (Fsp3) is 0.143. The number of aromatic nitrogens is 5. The Labute approximate surface area is 132 Å². The number of anilines is 2. The van der Waals surface area contributed by atoms with Crippen molar-refractivity contribution in [2.45, 2.75) is 13.0 Å². The van der Waals surface area contributed by atoms with Crippen LogP contribution < -0.4 is 11.1 Å². The predicted molar refractivity (Wildman–Crippen MR) is 84.9 cm³/mol. The molecule has 1 atom stereocenters. The second kappa shape index (κ2) is 5.98. The van der Waals surface area contributed by atoms with Crippen LogP contribution in [0.25, 0.3) is 5.69 Å². The highest BCUT2D eigenvalue weighted by molar-refractivity contribution is 6.35. The Balaban J connectivity index is 1.80. The molecule has 0 aliphatic rings. The van der Waals surface area contributed by atoms with Crippen molar-refractivity contribution in [3.05, 3.63) is 53.6 Å². The molecule has 3 rings (SSSR count). The molecule has 0 unspecified atom stereocenters. The van der Waals surface area contributed by atoms with E-state index in [1.54, 1.807) is 4.68 Å². The maximum Gasteiger partial charge on any atom is 0.150 e. The third-order valence-corrected chi connectivity index (χ3v) is 3.52. The molecule has 2 heterocycles. The van der Waals surface area contributed by atoms with Gasteiger partial charge in [0.2, 0.25) is 0 Å². The minimum Gasteiger partial charge on any atom is -0.382 e. The fourth-order valence-corrected chi connectivity index (χ4v) is 2.10. The van der Waals surface area contributed by atoms with Crippen LogP contribution in [-0.2, 0) is 0 Å². The zero-order valence-electron chi connectivity index (χ0n) is 11.8.